The van der Waals surface area contributed by atoms with Crippen LogP contribution in [-0.4, -0.2) is 31.6 Å². The van der Waals surface area contributed by atoms with Gasteiger partial charge in [0.2, 0.25) is 0 Å². The fourth-order valence-corrected chi connectivity index (χ4v) is 2.87. The molecule has 0 aliphatic carbocycles. The Morgan fingerprint density at radius 1 is 1.26 bits per heavy atom. The maximum Gasteiger partial charge on any atom is 0.0406 e. The van der Waals surface area contributed by atoms with E-state index < -0.39 is 0 Å². The normalized spacial score (nSPS) is 18.7. The third kappa shape index (κ3) is 4.48. The summed E-state index contributed by atoms with van der Waals surface area (Å²) in [6, 6.07) is 8.68. The summed E-state index contributed by atoms with van der Waals surface area (Å²) < 4.78 is 0. The highest BCUT2D eigenvalue weighted by Crippen LogP contribution is 2.23. The molecule has 0 spiro atoms. The van der Waals surface area contributed by atoms with Crippen LogP contribution in [0.2, 0.25) is 5.02 Å². The van der Waals surface area contributed by atoms with Gasteiger partial charge in [-0.05, 0) is 76.5 Å². The average Bonchev–Trinajstić information content (AvgIpc) is 2.46. The number of hydrogen-bond acceptors (Lipinski definition) is 2. The van der Waals surface area contributed by atoms with Gasteiger partial charge >= 0.3 is 0 Å². The number of nitrogens with zero attached hydrogens (tertiary/aromatic N) is 1. The van der Waals surface area contributed by atoms with E-state index in [1.807, 2.05) is 12.1 Å². The number of hydrogen-bond donors (Lipinski definition) is 1. The molecule has 2 nitrogen and oxygen atoms in total. The molecule has 19 heavy (non-hydrogen) atoms. The largest absolute Gasteiger partial charge is 0.317 e. The van der Waals surface area contributed by atoms with Gasteiger partial charge in [-0.1, -0.05) is 23.7 Å². The molecule has 1 aromatic carbocycles. The molecule has 1 aliphatic rings. The first kappa shape index (κ1) is 14.8. The quantitative estimate of drug-likeness (QED) is 0.884. The number of piperidine rings is 1. The van der Waals surface area contributed by atoms with Crippen molar-refractivity contribution in [3.05, 3.63) is 34.9 Å². The standard InChI is InChI=1S/C16H25ClN2/c1-13(15-3-5-16(17)6-4-15)19(2)12-9-14-7-10-18-11-8-14/h3-6,13-14,18H,7-12H2,1-2H3. The Kier molecular flexibility index (Phi) is 5.68. The third-order valence-corrected chi connectivity index (χ3v) is 4.61. The molecule has 1 aliphatic heterocycles. The summed E-state index contributed by atoms with van der Waals surface area (Å²) >= 11 is 5.94. The van der Waals surface area contributed by atoms with Gasteiger partial charge in [0, 0.05) is 11.1 Å². The predicted molar refractivity (Wildman–Crippen MR) is 82.7 cm³/mol. The van der Waals surface area contributed by atoms with Gasteiger partial charge in [0.1, 0.15) is 0 Å². The van der Waals surface area contributed by atoms with E-state index in [0.29, 0.717) is 6.04 Å². The van der Waals surface area contributed by atoms with Gasteiger partial charge in [0.15, 0.2) is 0 Å². The molecule has 0 amide bonds. The second kappa shape index (κ2) is 7.28. The molecule has 3 heteroatoms. The van der Waals surface area contributed by atoms with E-state index in [0.717, 1.165) is 10.9 Å². The van der Waals surface area contributed by atoms with Crippen molar-refractivity contribution in [3.8, 4) is 0 Å². The molecule has 0 saturated carbocycles. The zero-order valence-corrected chi connectivity index (χ0v) is 12.8. The van der Waals surface area contributed by atoms with Crippen LogP contribution in [0, 0.1) is 5.92 Å². The van der Waals surface area contributed by atoms with Crippen LogP contribution in [0.1, 0.15) is 37.8 Å². The summed E-state index contributed by atoms with van der Waals surface area (Å²) in [7, 11) is 2.22. The smallest absolute Gasteiger partial charge is 0.0406 e. The number of halogens is 1. The Bertz CT molecular complexity index is 371. The highest BCUT2D eigenvalue weighted by atomic mass is 35.5. The summed E-state index contributed by atoms with van der Waals surface area (Å²) in [4.78, 5) is 2.45. The fraction of sp³-hybridized carbons (Fsp3) is 0.625. The molecule has 0 radical (unpaired) electrons. The SMILES string of the molecule is CC(c1ccc(Cl)cc1)N(C)CCC1CCNCC1. The molecule has 1 fully saturated rings. The molecule has 1 N–H and O–H groups in total. The van der Waals surface area contributed by atoms with Gasteiger partial charge in [0.05, 0.1) is 0 Å². The third-order valence-electron chi connectivity index (χ3n) is 4.36. The van der Waals surface area contributed by atoms with Crippen molar-refractivity contribution in [3.63, 3.8) is 0 Å². The van der Waals surface area contributed by atoms with Gasteiger partial charge in [-0.15, -0.1) is 0 Å². The minimum absolute atomic E-state index is 0.457. The fourth-order valence-electron chi connectivity index (χ4n) is 2.75. The van der Waals surface area contributed by atoms with E-state index in [2.05, 4.69) is 36.3 Å². The lowest BCUT2D eigenvalue weighted by Crippen LogP contribution is -2.31. The lowest BCUT2D eigenvalue weighted by Gasteiger charge is -2.29. The maximum atomic E-state index is 5.94. The zero-order chi connectivity index (χ0) is 13.7. The van der Waals surface area contributed by atoms with E-state index in [9.17, 15) is 0 Å². The van der Waals surface area contributed by atoms with Crippen LogP contribution in [0.15, 0.2) is 24.3 Å². The van der Waals surface area contributed by atoms with Gasteiger partial charge < -0.3 is 5.32 Å². The lowest BCUT2D eigenvalue weighted by atomic mass is 9.94. The first-order chi connectivity index (χ1) is 9.16. The second-order valence-electron chi connectivity index (χ2n) is 5.69. The van der Waals surface area contributed by atoms with Crippen LogP contribution >= 0.6 is 11.6 Å². The zero-order valence-electron chi connectivity index (χ0n) is 12.0. The molecule has 106 valence electrons. The van der Waals surface area contributed by atoms with Crippen molar-refractivity contribution in [2.75, 3.05) is 26.7 Å². The Labute approximate surface area is 122 Å². The summed E-state index contributed by atoms with van der Waals surface area (Å²) in [5.41, 5.74) is 1.34. The molecule has 2 rings (SSSR count). The molecule has 0 bridgehead atoms. The van der Waals surface area contributed by atoms with Gasteiger partial charge in [-0.25, -0.2) is 0 Å². The summed E-state index contributed by atoms with van der Waals surface area (Å²) in [5.74, 6) is 0.904. The highest BCUT2D eigenvalue weighted by Gasteiger charge is 2.16. The molecular weight excluding hydrogens is 256 g/mol. The van der Waals surface area contributed by atoms with Crippen LogP contribution in [0.4, 0.5) is 0 Å². The van der Waals surface area contributed by atoms with Crippen molar-refractivity contribution >= 4 is 11.6 Å². The van der Waals surface area contributed by atoms with E-state index in [1.54, 1.807) is 0 Å². The Morgan fingerprint density at radius 2 is 1.89 bits per heavy atom. The lowest BCUT2D eigenvalue weighted by molar-refractivity contribution is 0.226. The molecule has 0 aromatic heterocycles. The molecular formula is C16H25ClN2. The van der Waals surface area contributed by atoms with E-state index >= 15 is 0 Å². The first-order valence-corrected chi connectivity index (χ1v) is 7.71. The molecule has 1 heterocycles. The van der Waals surface area contributed by atoms with Gasteiger partial charge in [-0.2, -0.15) is 0 Å². The number of nitrogens with one attached hydrogen (secondary N) is 1. The predicted octanol–water partition coefficient (Wildman–Crippen LogP) is 3.72. The molecule has 1 atom stereocenters. The van der Waals surface area contributed by atoms with E-state index in [4.69, 9.17) is 11.6 Å². The van der Waals surface area contributed by atoms with Crippen molar-refractivity contribution in [1.29, 1.82) is 0 Å². The van der Waals surface area contributed by atoms with Crippen molar-refractivity contribution in [2.24, 2.45) is 5.92 Å². The monoisotopic (exact) mass is 280 g/mol. The summed E-state index contributed by atoms with van der Waals surface area (Å²) in [6.45, 7) is 5.84. The topological polar surface area (TPSA) is 15.3 Å². The summed E-state index contributed by atoms with van der Waals surface area (Å²) in [5, 5.41) is 4.24. The van der Waals surface area contributed by atoms with E-state index in [1.165, 1.54) is 44.5 Å². The van der Waals surface area contributed by atoms with Crippen molar-refractivity contribution in [2.45, 2.75) is 32.2 Å². The number of rotatable bonds is 5. The Hall–Kier alpha value is -0.570. The van der Waals surface area contributed by atoms with Crippen molar-refractivity contribution in [1.82, 2.24) is 10.2 Å². The van der Waals surface area contributed by atoms with Gasteiger partial charge in [-0.3, -0.25) is 4.90 Å². The minimum atomic E-state index is 0.457. The van der Waals surface area contributed by atoms with Crippen molar-refractivity contribution < 1.29 is 0 Å². The highest BCUT2D eigenvalue weighted by molar-refractivity contribution is 6.30. The number of benzene rings is 1. The minimum Gasteiger partial charge on any atom is -0.317 e. The second-order valence-corrected chi connectivity index (χ2v) is 6.13. The Morgan fingerprint density at radius 3 is 2.53 bits per heavy atom. The van der Waals surface area contributed by atoms with Gasteiger partial charge in [0.25, 0.3) is 0 Å². The van der Waals surface area contributed by atoms with Crippen LogP contribution in [0.25, 0.3) is 0 Å². The van der Waals surface area contributed by atoms with Crippen LogP contribution in [0.5, 0.6) is 0 Å². The van der Waals surface area contributed by atoms with Crippen LogP contribution in [0.3, 0.4) is 0 Å². The van der Waals surface area contributed by atoms with Crippen LogP contribution in [-0.2, 0) is 0 Å². The molecule has 1 saturated heterocycles. The molecule has 1 aromatic rings. The van der Waals surface area contributed by atoms with E-state index in [-0.39, 0.29) is 0 Å². The molecule has 1 unspecified atom stereocenters. The van der Waals surface area contributed by atoms with Crippen LogP contribution < -0.4 is 5.32 Å². The average molecular weight is 281 g/mol. The first-order valence-electron chi connectivity index (χ1n) is 7.33. The summed E-state index contributed by atoms with van der Waals surface area (Å²) in [6.07, 6.45) is 3.99. The Balaban J connectivity index is 1.81. The maximum absolute atomic E-state index is 5.94.